The molecule has 0 unspecified atom stereocenters. The second-order valence-electron chi connectivity index (χ2n) is 10.3. The van der Waals surface area contributed by atoms with Crippen LogP contribution in [-0.2, 0) is 17.5 Å². The van der Waals surface area contributed by atoms with Crippen molar-refractivity contribution in [2.75, 3.05) is 29.9 Å². The van der Waals surface area contributed by atoms with Gasteiger partial charge in [0.15, 0.2) is 5.13 Å². The van der Waals surface area contributed by atoms with Crippen LogP contribution >= 0.6 is 11.3 Å². The van der Waals surface area contributed by atoms with Crippen LogP contribution in [0.2, 0.25) is 0 Å². The van der Waals surface area contributed by atoms with Crippen LogP contribution in [0.15, 0.2) is 30.6 Å². The number of alkyl halides is 3. The number of hydrogen-bond acceptors (Lipinski definition) is 8. The van der Waals surface area contributed by atoms with Crippen LogP contribution in [0, 0.1) is 11.7 Å². The molecular formula is C27H28F4N6O3S. The highest BCUT2D eigenvalue weighted by atomic mass is 32.1. The molecule has 41 heavy (non-hydrogen) atoms. The molecule has 0 radical (unpaired) electrons. The number of hydrogen-bond donors (Lipinski definition) is 2. The molecule has 1 aromatic carbocycles. The normalized spacial score (nSPS) is 18.6. The van der Waals surface area contributed by atoms with E-state index in [-0.39, 0.29) is 28.1 Å². The zero-order chi connectivity index (χ0) is 29.3. The first-order valence-corrected chi connectivity index (χ1v) is 14.0. The van der Waals surface area contributed by atoms with Crippen molar-refractivity contribution in [1.82, 2.24) is 19.9 Å². The van der Waals surface area contributed by atoms with Gasteiger partial charge >= 0.3 is 12.1 Å². The van der Waals surface area contributed by atoms with Gasteiger partial charge in [-0.2, -0.15) is 13.2 Å². The van der Waals surface area contributed by atoms with Crippen molar-refractivity contribution in [2.45, 2.75) is 51.4 Å². The summed E-state index contributed by atoms with van der Waals surface area (Å²) >= 11 is 1.12. The van der Waals surface area contributed by atoms with Crippen LogP contribution in [0.1, 0.15) is 53.5 Å². The fourth-order valence-electron chi connectivity index (χ4n) is 5.16. The summed E-state index contributed by atoms with van der Waals surface area (Å²) in [6, 6.07) is 2.59. The van der Waals surface area contributed by atoms with E-state index in [0.29, 0.717) is 49.2 Å². The summed E-state index contributed by atoms with van der Waals surface area (Å²) in [5, 5.41) is 12.0. The number of carbonyl (C=O) groups excluding carboxylic acids is 1. The number of aromatic nitrogens is 3. The number of likely N-dealkylation sites (tertiary alicyclic amines) is 1. The largest absolute Gasteiger partial charge is 0.481 e. The number of rotatable bonds is 7. The molecule has 0 aliphatic carbocycles. The molecule has 0 bridgehead atoms. The molecule has 1 atom stereocenters. The summed E-state index contributed by atoms with van der Waals surface area (Å²) in [4.78, 5) is 41.8. The Morgan fingerprint density at radius 1 is 1.10 bits per heavy atom. The number of carboxylic acid groups (broad SMARTS) is 1. The van der Waals surface area contributed by atoms with Gasteiger partial charge in [-0.1, -0.05) is 11.3 Å². The minimum atomic E-state index is -4.73. The topological polar surface area (TPSA) is 112 Å². The second kappa shape index (κ2) is 11.7. The Morgan fingerprint density at radius 2 is 1.85 bits per heavy atom. The standard InChI is InChI=1S/C27H28F4N6O3S/c1-15-3-2-6-37(15)14-21-23(17-9-18(27(29,30)31)11-19(28)10-17)34-26(41-21)35-24(38)20-12-33-22(13-32-20)36-7-4-16(5-8-36)25(39)40/h9-13,15-16H,2-8,14H2,1H3,(H,39,40)(H,34,35,38)/t15-/m1/s1. The van der Waals surface area contributed by atoms with Crippen molar-refractivity contribution in [3.8, 4) is 11.3 Å². The number of nitrogens with one attached hydrogen (secondary N) is 1. The SMILES string of the molecule is C[C@@H]1CCCN1Cc1sc(NC(=O)c2cnc(N3CCC(C(=O)O)CC3)cn2)nc1-c1cc(F)cc(C(F)(F)F)c1. The number of piperidine rings is 1. The molecule has 2 aliphatic rings. The molecule has 2 saturated heterocycles. The molecule has 218 valence electrons. The van der Waals surface area contributed by atoms with E-state index < -0.39 is 35.4 Å². The van der Waals surface area contributed by atoms with E-state index >= 15 is 0 Å². The number of aliphatic carboxylic acids is 1. The quantitative estimate of drug-likeness (QED) is 0.356. The average molecular weight is 593 g/mol. The van der Waals surface area contributed by atoms with Gasteiger partial charge in [0.05, 0.1) is 29.6 Å². The van der Waals surface area contributed by atoms with Gasteiger partial charge in [0.1, 0.15) is 17.3 Å². The first kappa shape index (κ1) is 28.9. The predicted molar refractivity (Wildman–Crippen MR) is 144 cm³/mol. The molecule has 3 aromatic rings. The molecular weight excluding hydrogens is 564 g/mol. The summed E-state index contributed by atoms with van der Waals surface area (Å²) in [5.41, 5.74) is -0.952. The number of nitrogens with zero attached hydrogens (tertiary/aromatic N) is 5. The van der Waals surface area contributed by atoms with Crippen LogP contribution in [0.5, 0.6) is 0 Å². The Balaban J connectivity index is 1.36. The maximum atomic E-state index is 14.3. The van der Waals surface area contributed by atoms with E-state index in [4.69, 9.17) is 0 Å². The molecule has 5 rings (SSSR count). The van der Waals surface area contributed by atoms with Crippen molar-refractivity contribution >= 4 is 34.2 Å². The van der Waals surface area contributed by atoms with Crippen molar-refractivity contribution in [2.24, 2.45) is 5.92 Å². The summed E-state index contributed by atoms with van der Waals surface area (Å²) in [6.07, 6.45) is 0.961. The number of benzene rings is 1. The van der Waals surface area contributed by atoms with Gasteiger partial charge in [0.25, 0.3) is 5.91 Å². The van der Waals surface area contributed by atoms with Crippen molar-refractivity contribution in [1.29, 1.82) is 0 Å². The van der Waals surface area contributed by atoms with Crippen LogP contribution in [-0.4, -0.2) is 62.5 Å². The van der Waals surface area contributed by atoms with Gasteiger partial charge < -0.3 is 10.0 Å². The number of carbonyl (C=O) groups is 2. The third-order valence-electron chi connectivity index (χ3n) is 7.49. The average Bonchev–Trinajstić information content (AvgIpc) is 3.53. The van der Waals surface area contributed by atoms with Gasteiger partial charge in [0, 0.05) is 36.1 Å². The zero-order valence-electron chi connectivity index (χ0n) is 22.1. The number of carboxylic acids is 1. The van der Waals surface area contributed by atoms with Crippen molar-refractivity contribution < 1.29 is 32.3 Å². The third-order valence-corrected chi connectivity index (χ3v) is 8.45. The Labute approximate surface area is 237 Å². The minimum absolute atomic E-state index is 0.00532. The number of thiazole rings is 1. The van der Waals surface area contributed by atoms with E-state index in [0.717, 1.165) is 42.9 Å². The first-order chi connectivity index (χ1) is 19.5. The van der Waals surface area contributed by atoms with Gasteiger partial charge in [-0.25, -0.2) is 19.3 Å². The molecule has 0 saturated carbocycles. The molecule has 4 heterocycles. The number of halogens is 4. The number of amides is 1. The van der Waals surface area contributed by atoms with Gasteiger partial charge in [-0.05, 0) is 57.4 Å². The van der Waals surface area contributed by atoms with Crippen molar-refractivity contribution in [3.05, 3.63) is 52.5 Å². The fourth-order valence-corrected chi connectivity index (χ4v) is 6.16. The lowest BCUT2D eigenvalue weighted by molar-refractivity contribution is -0.142. The molecule has 1 amide bonds. The van der Waals surface area contributed by atoms with Crippen LogP contribution in [0.4, 0.5) is 28.5 Å². The maximum absolute atomic E-state index is 14.3. The van der Waals surface area contributed by atoms with Gasteiger partial charge in [0.2, 0.25) is 0 Å². The molecule has 0 spiro atoms. The third kappa shape index (κ3) is 6.64. The lowest BCUT2D eigenvalue weighted by Gasteiger charge is -2.30. The Bertz CT molecular complexity index is 1420. The van der Waals surface area contributed by atoms with E-state index in [1.165, 1.54) is 12.4 Å². The monoisotopic (exact) mass is 592 g/mol. The molecule has 2 N–H and O–H groups in total. The van der Waals surface area contributed by atoms with Gasteiger partial charge in [-0.15, -0.1) is 0 Å². The van der Waals surface area contributed by atoms with E-state index in [1.54, 1.807) is 0 Å². The maximum Gasteiger partial charge on any atom is 0.416 e. The second-order valence-corrected chi connectivity index (χ2v) is 11.4. The molecule has 2 fully saturated rings. The Kier molecular flexibility index (Phi) is 8.23. The molecule has 14 heteroatoms. The molecule has 9 nitrogen and oxygen atoms in total. The first-order valence-electron chi connectivity index (χ1n) is 13.2. The van der Waals surface area contributed by atoms with E-state index in [1.807, 2.05) is 4.90 Å². The summed E-state index contributed by atoms with van der Waals surface area (Å²) < 4.78 is 54.5. The lowest BCUT2D eigenvalue weighted by Crippen LogP contribution is -2.36. The minimum Gasteiger partial charge on any atom is -0.481 e. The zero-order valence-corrected chi connectivity index (χ0v) is 22.9. The Hall–Kier alpha value is -3.65. The van der Waals surface area contributed by atoms with Crippen LogP contribution < -0.4 is 10.2 Å². The molecule has 2 aromatic heterocycles. The highest BCUT2D eigenvalue weighted by Gasteiger charge is 2.32. The van der Waals surface area contributed by atoms with Crippen LogP contribution in [0.25, 0.3) is 11.3 Å². The summed E-state index contributed by atoms with van der Waals surface area (Å²) in [6.45, 7) is 4.29. The fraction of sp³-hybridized carbons (Fsp3) is 0.444. The predicted octanol–water partition coefficient (Wildman–Crippen LogP) is 5.30. The number of anilines is 2. The smallest absolute Gasteiger partial charge is 0.416 e. The summed E-state index contributed by atoms with van der Waals surface area (Å²) in [7, 11) is 0. The lowest BCUT2D eigenvalue weighted by atomic mass is 9.97. The van der Waals surface area contributed by atoms with Gasteiger partial charge in [-0.3, -0.25) is 19.8 Å². The van der Waals surface area contributed by atoms with E-state index in [9.17, 15) is 32.3 Å². The Morgan fingerprint density at radius 3 is 2.46 bits per heavy atom. The van der Waals surface area contributed by atoms with Crippen LogP contribution in [0.3, 0.4) is 0 Å². The van der Waals surface area contributed by atoms with E-state index in [2.05, 4.69) is 32.1 Å². The highest BCUT2D eigenvalue weighted by molar-refractivity contribution is 7.16. The highest BCUT2D eigenvalue weighted by Crippen LogP contribution is 2.38. The summed E-state index contributed by atoms with van der Waals surface area (Å²) in [5.74, 6) is -2.32. The molecule has 2 aliphatic heterocycles. The van der Waals surface area contributed by atoms with Crippen molar-refractivity contribution in [3.63, 3.8) is 0 Å².